The fourth-order valence-electron chi connectivity index (χ4n) is 11.8. The summed E-state index contributed by atoms with van der Waals surface area (Å²) in [4.78, 5) is 26.7. The van der Waals surface area contributed by atoms with Crippen LogP contribution >= 0.6 is 0 Å². The maximum atomic E-state index is 13.5. The number of hydrogen-bond donors (Lipinski definition) is 0. The third kappa shape index (κ3) is 5.38. The van der Waals surface area contributed by atoms with Crippen molar-refractivity contribution in [3.8, 4) is 0 Å². The first kappa shape index (κ1) is 35.2. The lowest BCUT2D eigenvalue weighted by atomic mass is 9.49. The third-order valence-corrected chi connectivity index (χ3v) is 14.2. The molecule has 0 aromatic heterocycles. The number of benzene rings is 2. The summed E-state index contributed by atoms with van der Waals surface area (Å²) >= 11 is 0. The molecule has 0 amide bonds. The third-order valence-electron chi connectivity index (χ3n) is 14.2. The van der Waals surface area contributed by atoms with E-state index < -0.39 is 10.8 Å². The van der Waals surface area contributed by atoms with E-state index in [1.54, 1.807) is 7.11 Å². The van der Waals surface area contributed by atoms with E-state index in [0.717, 1.165) is 70.6 Å². The fourth-order valence-corrected chi connectivity index (χ4v) is 11.8. The predicted octanol–water partition coefficient (Wildman–Crippen LogP) is 10.3. The summed E-state index contributed by atoms with van der Waals surface area (Å²) in [5.41, 5.74) is 10.8. The second kappa shape index (κ2) is 12.6. The highest BCUT2D eigenvalue weighted by Gasteiger charge is 2.57. The van der Waals surface area contributed by atoms with Crippen LogP contribution < -0.4 is 0 Å². The van der Waals surface area contributed by atoms with Crippen LogP contribution in [0.25, 0.3) is 0 Å². The van der Waals surface area contributed by atoms with Gasteiger partial charge in [0.1, 0.15) is 0 Å². The molecule has 6 rings (SSSR count). The molecule has 0 aliphatic heterocycles. The van der Waals surface area contributed by atoms with Crippen molar-refractivity contribution in [2.75, 3.05) is 13.7 Å². The van der Waals surface area contributed by atoms with Crippen molar-refractivity contribution in [2.45, 2.75) is 156 Å². The highest BCUT2D eigenvalue weighted by Crippen LogP contribution is 2.60. The quantitative estimate of drug-likeness (QED) is 0.279. The lowest BCUT2D eigenvalue weighted by Gasteiger charge is -2.54. The minimum absolute atomic E-state index is 0.00292. The van der Waals surface area contributed by atoms with Crippen molar-refractivity contribution in [1.82, 2.24) is 0 Å². The Kier molecular flexibility index (Phi) is 9.25. The zero-order chi connectivity index (χ0) is 34.8. The van der Waals surface area contributed by atoms with Gasteiger partial charge in [-0.25, -0.2) is 0 Å². The lowest BCUT2D eigenvalue weighted by Crippen LogP contribution is -2.53. The van der Waals surface area contributed by atoms with Crippen LogP contribution in [0.5, 0.6) is 0 Å². The number of esters is 2. The number of hydrogen-bond acceptors (Lipinski definition) is 4. The van der Waals surface area contributed by atoms with E-state index in [2.05, 4.69) is 79.7 Å². The summed E-state index contributed by atoms with van der Waals surface area (Å²) in [5.74, 6) is 1.37. The van der Waals surface area contributed by atoms with Gasteiger partial charge in [-0.1, -0.05) is 78.6 Å². The van der Waals surface area contributed by atoms with E-state index in [0.29, 0.717) is 18.4 Å². The molecule has 6 atom stereocenters. The minimum Gasteiger partial charge on any atom is -0.469 e. The molecule has 4 nitrogen and oxygen atoms in total. The molecule has 0 saturated heterocycles. The van der Waals surface area contributed by atoms with Gasteiger partial charge >= 0.3 is 11.9 Å². The number of rotatable bonds is 7. The van der Waals surface area contributed by atoms with Crippen LogP contribution in [0.3, 0.4) is 0 Å². The Labute approximate surface area is 291 Å². The van der Waals surface area contributed by atoms with Crippen molar-refractivity contribution in [3.05, 3.63) is 68.8 Å². The molecule has 0 spiro atoms. The van der Waals surface area contributed by atoms with Crippen molar-refractivity contribution in [3.63, 3.8) is 0 Å². The Bertz CT molecular complexity index is 1580. The smallest absolute Gasteiger partial charge is 0.312 e. The van der Waals surface area contributed by atoms with E-state index >= 15 is 0 Å². The molecule has 4 aliphatic rings. The van der Waals surface area contributed by atoms with E-state index in [4.69, 9.17) is 9.47 Å². The number of fused-ring (bicyclic) bond motifs is 6. The standard InChI is InChI=1S/C44H62O4/c1-11-48-40(46)44(9)21-13-19-42(7)36-26-32(34(28(4)5)24-30(36)15-17-38(42)44)22-31-25-35-29(23-33(31)27(2)3)14-16-37-41(35,6)18-12-20-43(37,8)39(45)47-10/h23-28,37-38H,11-22H2,1-10H3. The molecule has 2 saturated carbocycles. The van der Waals surface area contributed by atoms with Crippen molar-refractivity contribution >= 4 is 11.9 Å². The highest BCUT2D eigenvalue weighted by molar-refractivity contribution is 5.78. The van der Waals surface area contributed by atoms with Gasteiger partial charge in [0.05, 0.1) is 24.5 Å². The number of methoxy groups -OCH3 is 1. The Morgan fingerprint density at radius 3 is 1.54 bits per heavy atom. The number of carbonyl (C=O) groups is 2. The second-order valence-corrected chi connectivity index (χ2v) is 17.7. The van der Waals surface area contributed by atoms with Gasteiger partial charge < -0.3 is 9.47 Å². The zero-order valence-corrected chi connectivity index (χ0v) is 31.7. The monoisotopic (exact) mass is 654 g/mol. The predicted molar refractivity (Wildman–Crippen MR) is 195 cm³/mol. The topological polar surface area (TPSA) is 52.6 Å². The first-order valence-corrected chi connectivity index (χ1v) is 19.2. The molecule has 0 radical (unpaired) electrons. The van der Waals surface area contributed by atoms with Crippen LogP contribution in [0, 0.1) is 22.7 Å². The van der Waals surface area contributed by atoms with Crippen LogP contribution in [0.4, 0.5) is 0 Å². The molecule has 48 heavy (non-hydrogen) atoms. The van der Waals surface area contributed by atoms with Gasteiger partial charge in [0.25, 0.3) is 0 Å². The fraction of sp³-hybridized carbons (Fsp3) is 0.682. The summed E-state index contributed by atoms with van der Waals surface area (Å²) in [5, 5.41) is 0. The summed E-state index contributed by atoms with van der Waals surface area (Å²) in [7, 11) is 1.56. The van der Waals surface area contributed by atoms with Crippen LogP contribution in [0.15, 0.2) is 24.3 Å². The molecule has 2 fully saturated rings. The summed E-state index contributed by atoms with van der Waals surface area (Å²) in [6.45, 7) is 21.0. The summed E-state index contributed by atoms with van der Waals surface area (Å²) in [6.07, 6.45) is 11.2. The van der Waals surface area contributed by atoms with E-state index in [1.807, 2.05) is 6.92 Å². The van der Waals surface area contributed by atoms with Crippen LogP contribution in [-0.2, 0) is 49.2 Å². The van der Waals surface area contributed by atoms with Gasteiger partial charge in [-0.3, -0.25) is 9.59 Å². The van der Waals surface area contributed by atoms with E-state index in [1.165, 1.54) is 44.5 Å². The van der Waals surface area contributed by atoms with Gasteiger partial charge in [-0.15, -0.1) is 0 Å². The number of ether oxygens (including phenoxy) is 2. The minimum atomic E-state index is -0.441. The highest BCUT2D eigenvalue weighted by atomic mass is 16.5. The summed E-state index contributed by atoms with van der Waals surface area (Å²) < 4.78 is 11.1. The van der Waals surface area contributed by atoms with Crippen LogP contribution in [-0.4, -0.2) is 25.7 Å². The summed E-state index contributed by atoms with van der Waals surface area (Å²) in [6, 6.07) is 10.2. The van der Waals surface area contributed by atoms with Gasteiger partial charge in [-0.05, 0) is 158 Å². The van der Waals surface area contributed by atoms with Gasteiger partial charge in [0.15, 0.2) is 0 Å². The molecule has 2 aromatic rings. The first-order valence-electron chi connectivity index (χ1n) is 19.2. The van der Waals surface area contributed by atoms with Gasteiger partial charge in [0, 0.05) is 0 Å². The molecule has 4 aliphatic carbocycles. The molecule has 0 N–H and O–H groups in total. The average Bonchev–Trinajstić information content (AvgIpc) is 3.04. The van der Waals surface area contributed by atoms with Crippen molar-refractivity contribution < 1.29 is 19.1 Å². The number of carbonyl (C=O) groups excluding carboxylic acids is 2. The SMILES string of the molecule is CCOC(=O)C1(C)CCCC2(C)c3cc(Cc4cc5c(cc4C(C)C)CCC4C(C)(C(=O)OC)CCCC54C)c(C(C)C)cc3CCC12. The molecular formula is C44H62O4. The molecule has 6 unspecified atom stereocenters. The molecule has 0 heterocycles. The van der Waals surface area contributed by atoms with Gasteiger partial charge in [0.2, 0.25) is 0 Å². The molecule has 2 aromatic carbocycles. The van der Waals surface area contributed by atoms with Crippen LogP contribution in [0.1, 0.15) is 170 Å². The van der Waals surface area contributed by atoms with Gasteiger partial charge in [-0.2, -0.15) is 0 Å². The van der Waals surface area contributed by atoms with E-state index in [-0.39, 0.29) is 34.6 Å². The number of aryl methyl sites for hydroxylation is 2. The molecule has 0 bridgehead atoms. The average molecular weight is 655 g/mol. The van der Waals surface area contributed by atoms with Crippen molar-refractivity contribution in [1.29, 1.82) is 0 Å². The lowest BCUT2D eigenvalue weighted by molar-refractivity contribution is -0.164. The normalized spacial score (nSPS) is 32.6. The van der Waals surface area contributed by atoms with Crippen LogP contribution in [0.2, 0.25) is 0 Å². The Morgan fingerprint density at radius 2 is 1.15 bits per heavy atom. The zero-order valence-electron chi connectivity index (χ0n) is 31.7. The maximum absolute atomic E-state index is 13.5. The largest absolute Gasteiger partial charge is 0.469 e. The molecule has 262 valence electrons. The molecular weight excluding hydrogens is 592 g/mol. The molecule has 4 heteroatoms. The Balaban J connectivity index is 1.46. The first-order chi connectivity index (χ1) is 22.6. The second-order valence-electron chi connectivity index (χ2n) is 17.7. The van der Waals surface area contributed by atoms with E-state index in [9.17, 15) is 9.59 Å². The van der Waals surface area contributed by atoms with Crippen molar-refractivity contribution in [2.24, 2.45) is 22.7 Å². The Hall–Kier alpha value is -2.62. The Morgan fingerprint density at radius 1 is 0.708 bits per heavy atom. The maximum Gasteiger partial charge on any atom is 0.312 e.